The Morgan fingerprint density at radius 1 is 1.00 bits per heavy atom. The summed E-state index contributed by atoms with van der Waals surface area (Å²) in [6, 6.07) is 9.88. The lowest BCUT2D eigenvalue weighted by Crippen LogP contribution is -2.09. The largest absolute Gasteiger partial charge is 0.494 e. The average molecular weight is 473 g/mol. The Labute approximate surface area is 203 Å². The van der Waals surface area contributed by atoms with Crippen molar-refractivity contribution in [2.75, 3.05) is 20.3 Å². The molecule has 3 nitrogen and oxygen atoms in total. The van der Waals surface area contributed by atoms with Gasteiger partial charge in [0.15, 0.2) is 0 Å². The zero-order valence-corrected chi connectivity index (χ0v) is 21.0. The van der Waals surface area contributed by atoms with Gasteiger partial charge in [-0.25, -0.2) is 8.78 Å². The molecule has 0 heterocycles. The molecule has 0 radical (unpaired) electrons. The van der Waals surface area contributed by atoms with Crippen LogP contribution in [0.3, 0.4) is 0 Å². The van der Waals surface area contributed by atoms with Crippen molar-refractivity contribution in [3.63, 3.8) is 0 Å². The van der Waals surface area contributed by atoms with Gasteiger partial charge in [0.2, 0.25) is 0 Å². The van der Waals surface area contributed by atoms with Gasteiger partial charge in [-0.2, -0.15) is 0 Å². The van der Waals surface area contributed by atoms with E-state index >= 15 is 0 Å². The van der Waals surface area contributed by atoms with E-state index in [0.29, 0.717) is 12.2 Å². The standard InChI is InChI=1S/C23H26F2O2.C6H12O/c1-26-12-3-2-4-13-27-21-10-8-18-14-19(7-5-6-17(18)15-21)22-11-9-20(24)16-23(22)25;1-4-6(2,3)5-7/h8-11,14-16H,2-7,12-13H2,1H3;5H,4H2,1-3H3. The van der Waals surface area contributed by atoms with E-state index in [1.165, 1.54) is 17.7 Å². The number of ether oxygens (including phenoxy) is 2. The van der Waals surface area contributed by atoms with E-state index in [2.05, 4.69) is 6.07 Å². The van der Waals surface area contributed by atoms with Crippen molar-refractivity contribution in [3.05, 3.63) is 64.7 Å². The van der Waals surface area contributed by atoms with Crippen molar-refractivity contribution < 1.29 is 23.0 Å². The molecule has 5 heteroatoms. The van der Waals surface area contributed by atoms with Gasteiger partial charge < -0.3 is 14.3 Å². The van der Waals surface area contributed by atoms with Crippen molar-refractivity contribution >= 4 is 17.9 Å². The highest BCUT2D eigenvalue weighted by Gasteiger charge is 2.15. The van der Waals surface area contributed by atoms with E-state index < -0.39 is 11.6 Å². The van der Waals surface area contributed by atoms with E-state index in [1.807, 2.05) is 39.0 Å². The van der Waals surface area contributed by atoms with Crippen LogP contribution in [0.1, 0.15) is 76.0 Å². The molecule has 186 valence electrons. The fraction of sp³-hybridized carbons (Fsp3) is 0.483. The van der Waals surface area contributed by atoms with Gasteiger partial charge in [-0.15, -0.1) is 0 Å². The van der Waals surface area contributed by atoms with Gasteiger partial charge in [0.25, 0.3) is 0 Å². The summed E-state index contributed by atoms with van der Waals surface area (Å²) in [4.78, 5) is 10.1. The highest BCUT2D eigenvalue weighted by molar-refractivity contribution is 5.83. The van der Waals surface area contributed by atoms with Gasteiger partial charge in [-0.3, -0.25) is 0 Å². The Bertz CT molecular complexity index is 950. The normalized spacial score (nSPS) is 13.2. The van der Waals surface area contributed by atoms with E-state index in [-0.39, 0.29) is 5.41 Å². The minimum Gasteiger partial charge on any atom is -0.494 e. The van der Waals surface area contributed by atoms with Crippen molar-refractivity contribution in [1.82, 2.24) is 0 Å². The number of halogens is 2. The summed E-state index contributed by atoms with van der Waals surface area (Å²) in [6.45, 7) is 7.36. The number of methoxy groups -OCH3 is 1. The van der Waals surface area contributed by atoms with Crippen molar-refractivity contribution in [3.8, 4) is 5.75 Å². The molecule has 1 aliphatic carbocycles. The first-order valence-corrected chi connectivity index (χ1v) is 12.2. The fourth-order valence-corrected chi connectivity index (χ4v) is 3.52. The third kappa shape index (κ3) is 9.02. The Kier molecular flexibility index (Phi) is 11.4. The third-order valence-corrected chi connectivity index (χ3v) is 6.11. The molecule has 0 N–H and O–H groups in total. The second-order valence-corrected chi connectivity index (χ2v) is 9.37. The number of rotatable bonds is 10. The summed E-state index contributed by atoms with van der Waals surface area (Å²) in [5, 5.41) is 0. The topological polar surface area (TPSA) is 35.5 Å². The second kappa shape index (κ2) is 14.0. The first-order chi connectivity index (χ1) is 16.3. The number of carbonyl (C=O) groups excluding carboxylic acids is 1. The summed E-state index contributed by atoms with van der Waals surface area (Å²) in [7, 11) is 1.72. The van der Waals surface area contributed by atoms with E-state index in [1.54, 1.807) is 7.11 Å². The molecule has 1 aliphatic rings. The SMILES string of the molecule is CCC(C)(C)C=O.COCCCCCOc1ccc2c(c1)CCCC(c1ccc(F)cc1F)=C2. The van der Waals surface area contributed by atoms with Gasteiger partial charge >= 0.3 is 0 Å². The smallest absolute Gasteiger partial charge is 0.133 e. The number of aryl methyl sites for hydroxylation is 1. The number of allylic oxidation sites excluding steroid dienone is 1. The van der Waals surface area contributed by atoms with Crippen molar-refractivity contribution in [1.29, 1.82) is 0 Å². The molecule has 0 atom stereocenters. The number of aldehydes is 1. The van der Waals surface area contributed by atoms with E-state index in [0.717, 1.165) is 80.8 Å². The Morgan fingerprint density at radius 3 is 2.41 bits per heavy atom. The molecule has 0 bridgehead atoms. The lowest BCUT2D eigenvalue weighted by atomic mass is 9.93. The zero-order chi connectivity index (χ0) is 25.0. The van der Waals surface area contributed by atoms with Gasteiger partial charge in [0.05, 0.1) is 6.61 Å². The Balaban J connectivity index is 0.000000509. The molecular formula is C29H38F2O3. The first kappa shape index (κ1) is 27.7. The monoisotopic (exact) mass is 472 g/mol. The quantitative estimate of drug-likeness (QED) is 0.263. The minimum absolute atomic E-state index is 0.0972. The lowest BCUT2D eigenvalue weighted by molar-refractivity contribution is -0.114. The fourth-order valence-electron chi connectivity index (χ4n) is 3.52. The van der Waals surface area contributed by atoms with Crippen molar-refractivity contribution in [2.24, 2.45) is 5.41 Å². The van der Waals surface area contributed by atoms with Crippen LogP contribution in [0.5, 0.6) is 5.75 Å². The highest BCUT2D eigenvalue weighted by Crippen LogP contribution is 2.32. The number of benzene rings is 2. The second-order valence-electron chi connectivity index (χ2n) is 9.37. The molecule has 2 aromatic carbocycles. The van der Waals surface area contributed by atoms with Crippen LogP contribution in [0.2, 0.25) is 0 Å². The maximum atomic E-state index is 14.1. The molecule has 0 saturated heterocycles. The van der Waals surface area contributed by atoms with Crippen LogP contribution in [-0.2, 0) is 16.0 Å². The molecule has 0 unspecified atom stereocenters. The Morgan fingerprint density at radius 2 is 1.76 bits per heavy atom. The molecule has 0 fully saturated rings. The third-order valence-electron chi connectivity index (χ3n) is 6.11. The molecule has 0 aromatic heterocycles. The minimum atomic E-state index is -0.546. The first-order valence-electron chi connectivity index (χ1n) is 12.2. The van der Waals surface area contributed by atoms with Crippen LogP contribution in [-0.4, -0.2) is 26.6 Å². The van der Waals surface area contributed by atoms with Gasteiger partial charge in [0.1, 0.15) is 23.7 Å². The van der Waals surface area contributed by atoms with Crippen molar-refractivity contribution in [2.45, 2.75) is 65.7 Å². The summed E-state index contributed by atoms with van der Waals surface area (Å²) >= 11 is 0. The van der Waals surface area contributed by atoms with E-state index in [4.69, 9.17) is 9.47 Å². The number of carbonyl (C=O) groups is 1. The van der Waals surface area contributed by atoms with Gasteiger partial charge in [0, 0.05) is 30.8 Å². The van der Waals surface area contributed by atoms with Crippen LogP contribution in [0.25, 0.3) is 11.6 Å². The number of hydrogen-bond acceptors (Lipinski definition) is 3. The number of unbranched alkanes of at least 4 members (excludes halogenated alkanes) is 2. The van der Waals surface area contributed by atoms with Crippen LogP contribution in [0.4, 0.5) is 8.78 Å². The van der Waals surface area contributed by atoms with Crippen LogP contribution in [0.15, 0.2) is 36.4 Å². The maximum absolute atomic E-state index is 14.1. The molecule has 0 aliphatic heterocycles. The van der Waals surface area contributed by atoms with Gasteiger partial charge in [-0.1, -0.05) is 32.9 Å². The highest BCUT2D eigenvalue weighted by atomic mass is 19.1. The molecule has 0 saturated carbocycles. The molecule has 2 aromatic rings. The van der Waals surface area contributed by atoms with Crippen LogP contribution >= 0.6 is 0 Å². The molecule has 34 heavy (non-hydrogen) atoms. The lowest BCUT2D eigenvalue weighted by Gasteiger charge is -2.10. The van der Waals surface area contributed by atoms with Crippen LogP contribution < -0.4 is 4.74 Å². The van der Waals surface area contributed by atoms with Gasteiger partial charge in [-0.05, 0) is 85.9 Å². The predicted octanol–water partition coefficient (Wildman–Crippen LogP) is 7.66. The molecule has 3 rings (SSSR count). The molecule has 0 spiro atoms. The summed E-state index contributed by atoms with van der Waals surface area (Å²) in [6.07, 6.45) is 9.71. The molecular weight excluding hydrogens is 434 g/mol. The summed E-state index contributed by atoms with van der Waals surface area (Å²) < 4.78 is 38.3. The number of hydrogen-bond donors (Lipinski definition) is 0. The summed E-state index contributed by atoms with van der Waals surface area (Å²) in [5.41, 5.74) is 3.60. The van der Waals surface area contributed by atoms with Crippen LogP contribution in [0, 0.1) is 17.0 Å². The summed E-state index contributed by atoms with van der Waals surface area (Å²) in [5.74, 6) is -0.168. The maximum Gasteiger partial charge on any atom is 0.133 e. The predicted molar refractivity (Wildman–Crippen MR) is 135 cm³/mol. The Hall–Kier alpha value is -2.53. The van der Waals surface area contributed by atoms with E-state index in [9.17, 15) is 13.6 Å². The number of fused-ring (bicyclic) bond motifs is 1. The molecule has 0 amide bonds. The zero-order valence-electron chi connectivity index (χ0n) is 21.0. The average Bonchev–Trinajstić information content (AvgIpc) is 3.03.